The largest absolute Gasteiger partial charge is 0.490 e. The number of carbonyl (C=O) groups is 1. The van der Waals surface area contributed by atoms with Crippen LogP contribution in [0.25, 0.3) is 11.8 Å². The number of amides is 1. The van der Waals surface area contributed by atoms with Gasteiger partial charge in [0.1, 0.15) is 30.5 Å². The zero-order chi connectivity index (χ0) is 24.2. The molecule has 0 radical (unpaired) electrons. The molecule has 2 aliphatic heterocycles. The highest BCUT2D eigenvalue weighted by Gasteiger charge is 2.36. The smallest absolute Gasteiger partial charge is 0.283 e. The van der Waals surface area contributed by atoms with E-state index in [0.29, 0.717) is 24.1 Å². The molecule has 174 valence electrons. The van der Waals surface area contributed by atoms with Crippen LogP contribution in [0.15, 0.2) is 94.8 Å². The molecule has 0 fully saturated rings. The number of nitrogens with one attached hydrogen (secondary N) is 1. The Hall–Kier alpha value is -4.10. The highest BCUT2D eigenvalue weighted by atomic mass is 32.2. The number of aryl methyl sites for hydroxylation is 1. The van der Waals surface area contributed by atoms with Gasteiger partial charge in [-0.25, -0.2) is 0 Å². The van der Waals surface area contributed by atoms with E-state index < -0.39 is 5.91 Å². The first-order valence-electron chi connectivity index (χ1n) is 11.2. The Kier molecular flexibility index (Phi) is 6.50. The van der Waals surface area contributed by atoms with Crippen LogP contribution >= 0.6 is 11.8 Å². The summed E-state index contributed by atoms with van der Waals surface area (Å²) in [5, 5.41) is 11.2. The van der Waals surface area contributed by atoms with Gasteiger partial charge in [-0.2, -0.15) is 4.99 Å². The molecule has 6 nitrogen and oxygen atoms in total. The molecular weight excluding hydrogens is 458 g/mol. The fraction of sp³-hybridized carbons (Fsp3) is 0.107. The van der Waals surface area contributed by atoms with E-state index in [1.807, 2.05) is 91.2 Å². The zero-order valence-corrected chi connectivity index (χ0v) is 19.9. The van der Waals surface area contributed by atoms with E-state index in [4.69, 9.17) is 14.9 Å². The minimum absolute atomic E-state index is 0.119. The fourth-order valence-corrected chi connectivity index (χ4v) is 4.65. The Morgan fingerprint density at radius 1 is 0.943 bits per heavy atom. The number of aliphatic imine (C=N–C) groups is 1. The average Bonchev–Trinajstić information content (AvgIpc) is 3.30. The molecule has 0 aromatic heterocycles. The van der Waals surface area contributed by atoms with E-state index in [2.05, 4.69) is 4.99 Å². The molecule has 0 spiro atoms. The molecule has 0 bridgehead atoms. The number of benzene rings is 3. The first-order valence-corrected chi connectivity index (χ1v) is 12.0. The lowest BCUT2D eigenvalue weighted by atomic mass is 10.1. The van der Waals surface area contributed by atoms with Crippen molar-refractivity contribution in [2.45, 2.75) is 6.92 Å². The van der Waals surface area contributed by atoms with Crippen molar-refractivity contribution in [1.82, 2.24) is 4.90 Å². The molecule has 3 aromatic carbocycles. The molecule has 3 aromatic rings. The van der Waals surface area contributed by atoms with E-state index >= 15 is 0 Å². The summed E-state index contributed by atoms with van der Waals surface area (Å²) in [6.07, 6.45) is 1.70. The van der Waals surface area contributed by atoms with Gasteiger partial charge < -0.3 is 9.47 Å². The Balaban J connectivity index is 1.24. The highest BCUT2D eigenvalue weighted by molar-refractivity contribution is 8.17. The van der Waals surface area contributed by atoms with E-state index in [-0.39, 0.29) is 11.4 Å². The van der Waals surface area contributed by atoms with Gasteiger partial charge in [-0.15, -0.1) is 0 Å². The standard InChI is InChI=1S/C28H23N3O3S/c1-19-6-5-9-23(16-19)34-15-14-33-22-12-10-20(11-13-22)17-24-26(29)31-25(21-7-3-2-4-8-21)18-35-28(31)30-27(24)32/h2-13,16-18,29H,14-15H2,1H3. The summed E-state index contributed by atoms with van der Waals surface area (Å²) in [5.74, 6) is 1.23. The number of ether oxygens (including phenoxy) is 2. The number of amidine groups is 2. The maximum Gasteiger partial charge on any atom is 0.283 e. The van der Waals surface area contributed by atoms with Gasteiger partial charge in [-0.05, 0) is 54.0 Å². The van der Waals surface area contributed by atoms with E-state index in [9.17, 15) is 4.79 Å². The maximum atomic E-state index is 12.7. The normalized spacial score (nSPS) is 16.1. The highest BCUT2D eigenvalue weighted by Crippen LogP contribution is 2.37. The fourth-order valence-electron chi connectivity index (χ4n) is 3.77. The van der Waals surface area contributed by atoms with Crippen molar-refractivity contribution in [3.63, 3.8) is 0 Å². The molecule has 35 heavy (non-hydrogen) atoms. The van der Waals surface area contributed by atoms with Crippen LogP contribution in [0.2, 0.25) is 0 Å². The van der Waals surface area contributed by atoms with Gasteiger partial charge in [0.05, 0.1) is 11.3 Å². The van der Waals surface area contributed by atoms with Crippen molar-refractivity contribution in [1.29, 1.82) is 5.41 Å². The summed E-state index contributed by atoms with van der Waals surface area (Å²) < 4.78 is 11.5. The van der Waals surface area contributed by atoms with Gasteiger partial charge in [0.2, 0.25) is 0 Å². The van der Waals surface area contributed by atoms with Crippen LogP contribution in [0.4, 0.5) is 0 Å². The van der Waals surface area contributed by atoms with Crippen molar-refractivity contribution >= 4 is 40.4 Å². The minimum atomic E-state index is -0.412. The molecule has 0 saturated carbocycles. The van der Waals surface area contributed by atoms with Gasteiger partial charge in [0, 0.05) is 5.41 Å². The van der Waals surface area contributed by atoms with Crippen LogP contribution in [-0.2, 0) is 4.79 Å². The van der Waals surface area contributed by atoms with Crippen molar-refractivity contribution in [2.75, 3.05) is 13.2 Å². The Bertz CT molecular complexity index is 1360. The van der Waals surface area contributed by atoms with Crippen LogP contribution < -0.4 is 9.47 Å². The number of fused-ring (bicyclic) bond motifs is 1. The van der Waals surface area contributed by atoms with Crippen molar-refractivity contribution in [3.05, 3.63) is 107 Å². The molecule has 7 heteroatoms. The number of hydrogen-bond acceptors (Lipinski definition) is 5. The van der Waals surface area contributed by atoms with Crippen LogP contribution in [0.1, 0.15) is 16.7 Å². The second-order valence-corrected chi connectivity index (χ2v) is 8.85. The lowest BCUT2D eigenvalue weighted by Crippen LogP contribution is -2.38. The summed E-state index contributed by atoms with van der Waals surface area (Å²) >= 11 is 1.35. The third-order valence-corrected chi connectivity index (χ3v) is 6.31. The summed E-state index contributed by atoms with van der Waals surface area (Å²) in [6, 6.07) is 25.1. The van der Waals surface area contributed by atoms with E-state index in [1.165, 1.54) is 11.8 Å². The summed E-state index contributed by atoms with van der Waals surface area (Å²) in [7, 11) is 0. The minimum Gasteiger partial charge on any atom is -0.490 e. The molecule has 0 unspecified atom stereocenters. The molecule has 1 N–H and O–H groups in total. The third kappa shape index (κ3) is 5.05. The van der Waals surface area contributed by atoms with Crippen LogP contribution in [0.3, 0.4) is 0 Å². The zero-order valence-electron chi connectivity index (χ0n) is 19.1. The van der Waals surface area contributed by atoms with E-state index in [0.717, 1.165) is 28.1 Å². The van der Waals surface area contributed by atoms with Crippen molar-refractivity contribution < 1.29 is 14.3 Å². The second kappa shape index (κ2) is 10.0. The lowest BCUT2D eigenvalue weighted by Gasteiger charge is -2.26. The van der Waals surface area contributed by atoms with Gasteiger partial charge in [0.15, 0.2) is 5.17 Å². The molecule has 0 atom stereocenters. The lowest BCUT2D eigenvalue weighted by molar-refractivity contribution is -0.114. The first kappa shape index (κ1) is 22.7. The number of nitrogens with zero attached hydrogens (tertiary/aromatic N) is 2. The Labute approximate surface area is 208 Å². The third-order valence-electron chi connectivity index (χ3n) is 5.49. The first-order chi connectivity index (χ1) is 17.1. The van der Waals surface area contributed by atoms with Crippen molar-refractivity contribution in [3.8, 4) is 11.5 Å². The number of rotatable bonds is 7. The molecule has 2 heterocycles. The average molecular weight is 482 g/mol. The molecule has 0 aliphatic carbocycles. The molecular formula is C28H23N3O3S. The van der Waals surface area contributed by atoms with Gasteiger partial charge in [-0.1, -0.05) is 66.4 Å². The second-order valence-electron chi connectivity index (χ2n) is 8.01. The number of thioether (sulfide) groups is 1. The summed E-state index contributed by atoms with van der Waals surface area (Å²) in [4.78, 5) is 18.6. The molecule has 1 amide bonds. The summed E-state index contributed by atoms with van der Waals surface area (Å²) in [6.45, 7) is 2.87. The molecule has 5 rings (SSSR count). The van der Waals surface area contributed by atoms with Gasteiger partial charge in [-0.3, -0.25) is 15.1 Å². The molecule has 0 saturated heterocycles. The predicted octanol–water partition coefficient (Wildman–Crippen LogP) is 5.76. The van der Waals surface area contributed by atoms with Crippen LogP contribution in [0, 0.1) is 12.3 Å². The van der Waals surface area contributed by atoms with Gasteiger partial charge in [0.25, 0.3) is 5.91 Å². The number of carbonyl (C=O) groups excluding carboxylic acids is 1. The predicted molar refractivity (Wildman–Crippen MR) is 141 cm³/mol. The Morgan fingerprint density at radius 3 is 2.43 bits per heavy atom. The monoisotopic (exact) mass is 481 g/mol. The molecule has 2 aliphatic rings. The Morgan fingerprint density at radius 2 is 1.69 bits per heavy atom. The quantitative estimate of drug-likeness (QED) is 0.343. The SMILES string of the molecule is Cc1cccc(OCCOc2ccc(C=C3C(=N)N4C(c5ccccc5)=CSC4=NC3=O)cc2)c1. The van der Waals surface area contributed by atoms with Crippen molar-refractivity contribution in [2.24, 2.45) is 4.99 Å². The van der Waals surface area contributed by atoms with E-state index in [1.54, 1.807) is 11.0 Å². The van der Waals surface area contributed by atoms with Crippen LogP contribution in [-0.4, -0.2) is 35.0 Å². The number of hydrogen-bond donors (Lipinski definition) is 1. The van der Waals surface area contributed by atoms with Gasteiger partial charge >= 0.3 is 0 Å². The maximum absolute atomic E-state index is 12.7. The topological polar surface area (TPSA) is 75.0 Å². The van der Waals surface area contributed by atoms with Crippen LogP contribution in [0.5, 0.6) is 11.5 Å². The summed E-state index contributed by atoms with van der Waals surface area (Å²) in [5.41, 5.74) is 4.00.